The van der Waals surface area contributed by atoms with Crippen LogP contribution in [0.2, 0.25) is 18.1 Å². The average molecular weight is 429 g/mol. The van der Waals surface area contributed by atoms with Crippen LogP contribution in [0, 0.1) is 0 Å². The number of alkyl halides is 1. The predicted molar refractivity (Wildman–Crippen MR) is 106 cm³/mol. The summed E-state index contributed by atoms with van der Waals surface area (Å²) in [5.74, 6) is -0.335. The van der Waals surface area contributed by atoms with Crippen molar-refractivity contribution in [3.05, 3.63) is 35.9 Å². The van der Waals surface area contributed by atoms with Crippen molar-refractivity contribution in [3.8, 4) is 0 Å². The minimum atomic E-state index is -1.99. The second-order valence-electron chi connectivity index (χ2n) is 8.14. The van der Waals surface area contributed by atoms with E-state index in [0.717, 1.165) is 0 Å². The van der Waals surface area contributed by atoms with E-state index in [1.807, 2.05) is 25.1 Å². The molecule has 0 saturated carbocycles. The number of hydrogen-bond acceptors (Lipinski definition) is 4. The van der Waals surface area contributed by atoms with Gasteiger partial charge >= 0.3 is 5.97 Å². The molecule has 6 heteroatoms. The van der Waals surface area contributed by atoms with Gasteiger partial charge in [-0.05, 0) is 37.2 Å². The van der Waals surface area contributed by atoms with E-state index in [-0.39, 0.29) is 28.2 Å². The molecule has 0 N–H and O–H groups in total. The molecule has 0 radical (unpaired) electrons. The van der Waals surface area contributed by atoms with Crippen molar-refractivity contribution in [2.24, 2.45) is 0 Å². The number of hydrogen-bond donors (Lipinski definition) is 0. The number of carbonyl (C=O) groups excluding carboxylic acids is 1. The lowest BCUT2D eigenvalue weighted by Gasteiger charge is -2.45. The van der Waals surface area contributed by atoms with Crippen molar-refractivity contribution in [1.82, 2.24) is 0 Å². The van der Waals surface area contributed by atoms with Gasteiger partial charge in [0.2, 0.25) is 0 Å². The predicted octanol–water partition coefficient (Wildman–Crippen LogP) is 5.13. The summed E-state index contributed by atoms with van der Waals surface area (Å²) in [5, 5.41) is -0.00593. The molecule has 1 aliphatic heterocycles. The first-order chi connectivity index (χ1) is 11.5. The van der Waals surface area contributed by atoms with Gasteiger partial charge in [-0.3, -0.25) is 0 Å². The highest BCUT2D eigenvalue weighted by Gasteiger charge is 2.45. The smallest absolute Gasteiger partial charge is 0.338 e. The van der Waals surface area contributed by atoms with E-state index in [1.165, 1.54) is 0 Å². The lowest BCUT2D eigenvalue weighted by molar-refractivity contribution is -0.135. The largest absolute Gasteiger partial charge is 0.453 e. The third kappa shape index (κ3) is 5.15. The number of benzene rings is 1. The van der Waals surface area contributed by atoms with E-state index >= 15 is 0 Å². The number of carbonyl (C=O) groups is 1. The summed E-state index contributed by atoms with van der Waals surface area (Å²) in [4.78, 5) is 12.5. The second kappa shape index (κ2) is 7.90. The number of esters is 1. The van der Waals surface area contributed by atoms with Gasteiger partial charge in [0.25, 0.3) is 0 Å². The Morgan fingerprint density at radius 2 is 1.84 bits per heavy atom. The lowest BCUT2D eigenvalue weighted by atomic mass is 10.0. The molecule has 0 bridgehead atoms. The molecule has 0 spiro atoms. The van der Waals surface area contributed by atoms with E-state index in [0.29, 0.717) is 12.0 Å². The molecule has 1 aromatic rings. The summed E-state index contributed by atoms with van der Waals surface area (Å²) in [5.41, 5.74) is 0.543. The van der Waals surface area contributed by atoms with Gasteiger partial charge in [-0.1, -0.05) is 54.9 Å². The summed E-state index contributed by atoms with van der Waals surface area (Å²) < 4.78 is 18.2. The van der Waals surface area contributed by atoms with E-state index in [1.54, 1.807) is 12.1 Å². The molecule has 4 atom stereocenters. The van der Waals surface area contributed by atoms with Gasteiger partial charge in [0.1, 0.15) is 5.01 Å². The molecule has 2 rings (SSSR count). The molecular weight excluding hydrogens is 400 g/mol. The van der Waals surface area contributed by atoms with Crippen molar-refractivity contribution in [3.63, 3.8) is 0 Å². The van der Waals surface area contributed by atoms with Crippen molar-refractivity contribution >= 4 is 30.2 Å². The van der Waals surface area contributed by atoms with Crippen LogP contribution in [0.4, 0.5) is 0 Å². The highest BCUT2D eigenvalue weighted by atomic mass is 79.9. The first kappa shape index (κ1) is 20.6. The van der Waals surface area contributed by atoms with Crippen LogP contribution in [0.25, 0.3) is 0 Å². The SMILES string of the molecule is C[C@@H]1O[C@@H](Br)C[C@H](O[Si](C)(C)C(C)(C)C)[C@H]1OC(=O)c1ccccc1. The van der Waals surface area contributed by atoms with Gasteiger partial charge in [0.15, 0.2) is 14.4 Å². The van der Waals surface area contributed by atoms with Crippen molar-refractivity contribution in [2.75, 3.05) is 0 Å². The molecule has 0 unspecified atom stereocenters. The number of rotatable bonds is 4. The maximum Gasteiger partial charge on any atom is 0.338 e. The summed E-state index contributed by atoms with van der Waals surface area (Å²) in [7, 11) is -1.99. The molecule has 4 nitrogen and oxygen atoms in total. The first-order valence-corrected chi connectivity index (χ1v) is 12.6. The van der Waals surface area contributed by atoms with Gasteiger partial charge < -0.3 is 13.9 Å². The molecule has 1 fully saturated rings. The molecule has 1 aliphatic rings. The van der Waals surface area contributed by atoms with E-state index in [4.69, 9.17) is 13.9 Å². The van der Waals surface area contributed by atoms with Crippen LogP contribution in [0.5, 0.6) is 0 Å². The highest BCUT2D eigenvalue weighted by molar-refractivity contribution is 9.09. The zero-order valence-corrected chi connectivity index (χ0v) is 18.5. The fourth-order valence-electron chi connectivity index (χ4n) is 2.59. The Kier molecular flexibility index (Phi) is 6.52. The molecule has 140 valence electrons. The van der Waals surface area contributed by atoms with Crippen LogP contribution in [0.1, 0.15) is 44.5 Å². The Balaban J connectivity index is 2.18. The molecule has 0 aliphatic carbocycles. The van der Waals surface area contributed by atoms with Crippen LogP contribution >= 0.6 is 15.9 Å². The van der Waals surface area contributed by atoms with Gasteiger partial charge in [-0.25, -0.2) is 4.79 Å². The minimum absolute atomic E-state index is 0.0876. The molecule has 25 heavy (non-hydrogen) atoms. The van der Waals surface area contributed by atoms with Crippen molar-refractivity contribution < 1.29 is 18.7 Å². The van der Waals surface area contributed by atoms with E-state index in [9.17, 15) is 4.79 Å². The Hall–Kier alpha value is -0.693. The quantitative estimate of drug-likeness (QED) is 0.378. The fourth-order valence-corrected chi connectivity index (χ4v) is 4.64. The maximum atomic E-state index is 12.5. The Labute approximate surface area is 160 Å². The third-order valence-corrected chi connectivity index (χ3v) is 10.2. The second-order valence-corrected chi connectivity index (χ2v) is 13.9. The molecule has 1 aromatic carbocycles. The van der Waals surface area contributed by atoms with Crippen LogP contribution in [0.3, 0.4) is 0 Å². The van der Waals surface area contributed by atoms with Crippen molar-refractivity contribution in [1.29, 1.82) is 0 Å². The molecule has 0 amide bonds. The topological polar surface area (TPSA) is 44.8 Å². The van der Waals surface area contributed by atoms with Crippen LogP contribution in [-0.2, 0) is 13.9 Å². The maximum absolute atomic E-state index is 12.5. The fraction of sp³-hybridized carbons (Fsp3) is 0.632. The highest BCUT2D eigenvalue weighted by Crippen LogP contribution is 2.40. The zero-order chi connectivity index (χ0) is 18.8. The first-order valence-electron chi connectivity index (χ1n) is 8.74. The van der Waals surface area contributed by atoms with Gasteiger partial charge in [0.05, 0.1) is 17.8 Å². The lowest BCUT2D eigenvalue weighted by Crippen LogP contribution is -2.54. The minimum Gasteiger partial charge on any atom is -0.453 e. The summed E-state index contributed by atoms with van der Waals surface area (Å²) in [6.45, 7) is 13.0. The Bertz CT molecular complexity index is 585. The third-order valence-electron chi connectivity index (χ3n) is 5.11. The van der Waals surface area contributed by atoms with E-state index < -0.39 is 14.4 Å². The average Bonchev–Trinajstić information content (AvgIpc) is 2.50. The summed E-state index contributed by atoms with van der Waals surface area (Å²) in [6, 6.07) is 9.05. The monoisotopic (exact) mass is 428 g/mol. The normalized spacial score (nSPS) is 27.8. The van der Waals surface area contributed by atoms with Gasteiger partial charge in [-0.2, -0.15) is 0 Å². The number of ether oxygens (including phenoxy) is 2. The molecule has 1 heterocycles. The van der Waals surface area contributed by atoms with Crippen LogP contribution in [0.15, 0.2) is 30.3 Å². The van der Waals surface area contributed by atoms with Crippen LogP contribution < -0.4 is 0 Å². The van der Waals surface area contributed by atoms with Gasteiger partial charge in [0, 0.05) is 6.42 Å². The zero-order valence-electron chi connectivity index (χ0n) is 15.9. The van der Waals surface area contributed by atoms with Crippen molar-refractivity contribution in [2.45, 2.75) is 75.6 Å². The Morgan fingerprint density at radius 3 is 2.40 bits per heavy atom. The standard InChI is InChI=1S/C19H29BrO4Si/c1-13-17(23-18(21)14-10-8-7-9-11-14)15(12-16(20)22-13)24-25(5,6)19(2,3)4/h7-11,13,15-17H,12H2,1-6H3/t13-,15-,16+,17-/m0/s1. The Morgan fingerprint density at radius 1 is 1.24 bits per heavy atom. The number of halogens is 1. The molecule has 0 aromatic heterocycles. The summed E-state index contributed by atoms with van der Waals surface area (Å²) in [6.07, 6.45) is -0.179. The van der Waals surface area contributed by atoms with Crippen LogP contribution in [-0.4, -0.2) is 37.6 Å². The summed E-state index contributed by atoms with van der Waals surface area (Å²) >= 11 is 3.54. The molecule has 1 saturated heterocycles. The molecular formula is C19H29BrO4Si. The van der Waals surface area contributed by atoms with Gasteiger partial charge in [-0.15, -0.1) is 0 Å². The van der Waals surface area contributed by atoms with E-state index in [2.05, 4.69) is 49.8 Å².